The van der Waals surface area contributed by atoms with Crippen LogP contribution < -0.4 is 19.7 Å². The van der Waals surface area contributed by atoms with Crippen LogP contribution in [0.1, 0.15) is 17.7 Å². The summed E-state index contributed by atoms with van der Waals surface area (Å²) in [6.07, 6.45) is 6.77. The van der Waals surface area contributed by atoms with E-state index in [2.05, 4.69) is 20.2 Å². The second-order valence-corrected chi connectivity index (χ2v) is 8.50. The van der Waals surface area contributed by atoms with Crippen LogP contribution >= 0.6 is 0 Å². The minimum atomic E-state index is -0.0500. The predicted octanol–water partition coefficient (Wildman–Crippen LogP) is 1.82. The van der Waals surface area contributed by atoms with Crippen molar-refractivity contribution in [2.24, 2.45) is 0 Å². The third kappa shape index (κ3) is 6.22. The summed E-state index contributed by atoms with van der Waals surface area (Å²) in [5.41, 5.74) is 1.92. The van der Waals surface area contributed by atoms with E-state index < -0.39 is 0 Å². The van der Waals surface area contributed by atoms with E-state index in [0.29, 0.717) is 25.5 Å². The molecule has 0 aliphatic carbocycles. The number of hydrogen-bond donors (Lipinski definition) is 1. The number of aromatic nitrogens is 4. The van der Waals surface area contributed by atoms with E-state index in [0.717, 1.165) is 41.5 Å². The van der Waals surface area contributed by atoms with Crippen LogP contribution in [0.2, 0.25) is 0 Å². The number of nitrogens with one attached hydrogen (secondary N) is 1. The van der Waals surface area contributed by atoms with Crippen LogP contribution in [-0.2, 0) is 11.2 Å². The minimum Gasteiger partial charge on any atom is -0.454 e. The summed E-state index contributed by atoms with van der Waals surface area (Å²) in [7, 11) is 4.08. The number of anilines is 1. The summed E-state index contributed by atoms with van der Waals surface area (Å²) < 4.78 is 12.5. The Morgan fingerprint density at radius 2 is 2.00 bits per heavy atom. The number of benzene rings is 1. The van der Waals surface area contributed by atoms with Gasteiger partial charge < -0.3 is 24.6 Å². The van der Waals surface area contributed by atoms with E-state index in [1.165, 1.54) is 0 Å². The highest BCUT2D eigenvalue weighted by Gasteiger charge is 2.16. The van der Waals surface area contributed by atoms with Crippen molar-refractivity contribution in [3.05, 3.63) is 54.2 Å². The monoisotopic (exact) mass is 465 g/mol. The summed E-state index contributed by atoms with van der Waals surface area (Å²) in [5.74, 6) is 2.72. The fraction of sp³-hybridized carbons (Fsp3) is 0.417. The Balaban J connectivity index is 1.40. The van der Waals surface area contributed by atoms with Gasteiger partial charge in [0, 0.05) is 37.2 Å². The molecule has 10 heteroatoms. The molecule has 0 saturated carbocycles. The van der Waals surface area contributed by atoms with Gasteiger partial charge in [-0.1, -0.05) is 6.07 Å². The van der Waals surface area contributed by atoms with E-state index in [9.17, 15) is 4.79 Å². The number of carbonyl (C=O) groups is 1. The molecule has 1 aromatic carbocycles. The SMILES string of the molecule is Cc1cc(N(CCCN(C)C)CC(=O)NCCc2ccc3c(c2)OCO3)nc(-n2ccnc2)n1. The maximum absolute atomic E-state index is 12.8. The Morgan fingerprint density at radius 1 is 1.15 bits per heavy atom. The number of ether oxygens (including phenoxy) is 2. The Hall–Kier alpha value is -3.66. The van der Waals surface area contributed by atoms with Gasteiger partial charge in [-0.15, -0.1) is 0 Å². The van der Waals surface area contributed by atoms with Gasteiger partial charge in [-0.2, -0.15) is 4.98 Å². The molecule has 0 fully saturated rings. The maximum atomic E-state index is 12.8. The van der Waals surface area contributed by atoms with Gasteiger partial charge in [0.1, 0.15) is 12.1 Å². The van der Waals surface area contributed by atoms with E-state index in [-0.39, 0.29) is 19.2 Å². The molecule has 180 valence electrons. The molecule has 0 saturated heterocycles. The van der Waals surface area contributed by atoms with Crippen LogP contribution in [0.4, 0.5) is 5.82 Å². The molecular formula is C24H31N7O3. The normalized spacial score (nSPS) is 12.2. The third-order valence-electron chi connectivity index (χ3n) is 5.43. The molecule has 1 aliphatic heterocycles. The van der Waals surface area contributed by atoms with Crippen LogP contribution in [0.3, 0.4) is 0 Å². The third-order valence-corrected chi connectivity index (χ3v) is 5.43. The van der Waals surface area contributed by atoms with Gasteiger partial charge in [-0.05, 0) is 58.1 Å². The van der Waals surface area contributed by atoms with Crippen molar-refractivity contribution in [3.8, 4) is 17.4 Å². The lowest BCUT2D eigenvalue weighted by Crippen LogP contribution is -2.39. The summed E-state index contributed by atoms with van der Waals surface area (Å²) in [6, 6.07) is 7.77. The first-order valence-electron chi connectivity index (χ1n) is 11.4. The lowest BCUT2D eigenvalue weighted by atomic mass is 10.1. The number of fused-ring (bicyclic) bond motifs is 1. The highest BCUT2D eigenvalue weighted by molar-refractivity contribution is 5.81. The lowest BCUT2D eigenvalue weighted by Gasteiger charge is -2.24. The number of carbonyl (C=O) groups excluding carboxylic acids is 1. The largest absolute Gasteiger partial charge is 0.454 e. The molecule has 0 radical (unpaired) electrons. The molecule has 10 nitrogen and oxygen atoms in total. The zero-order valence-electron chi connectivity index (χ0n) is 19.9. The zero-order chi connectivity index (χ0) is 23.9. The van der Waals surface area contributed by atoms with Crippen LogP contribution in [0.25, 0.3) is 5.95 Å². The molecule has 3 aromatic rings. The van der Waals surface area contributed by atoms with Crippen LogP contribution in [0.5, 0.6) is 11.5 Å². The fourth-order valence-corrected chi connectivity index (χ4v) is 3.72. The first-order valence-corrected chi connectivity index (χ1v) is 11.4. The minimum absolute atomic E-state index is 0.0500. The van der Waals surface area contributed by atoms with Gasteiger partial charge in [0.05, 0.1) is 6.54 Å². The lowest BCUT2D eigenvalue weighted by molar-refractivity contribution is -0.119. The smallest absolute Gasteiger partial charge is 0.239 e. The highest BCUT2D eigenvalue weighted by atomic mass is 16.7. The van der Waals surface area contributed by atoms with Gasteiger partial charge in [0.15, 0.2) is 11.5 Å². The molecule has 4 rings (SSSR count). The molecular weight excluding hydrogens is 434 g/mol. The van der Waals surface area contributed by atoms with Gasteiger partial charge in [-0.25, -0.2) is 9.97 Å². The quantitative estimate of drug-likeness (QED) is 0.458. The molecule has 0 spiro atoms. The summed E-state index contributed by atoms with van der Waals surface area (Å²) in [6.45, 7) is 4.55. The molecule has 3 heterocycles. The first-order chi connectivity index (χ1) is 16.5. The van der Waals surface area contributed by atoms with Gasteiger partial charge in [0.2, 0.25) is 18.6 Å². The molecule has 1 N–H and O–H groups in total. The number of aryl methyl sites for hydroxylation is 1. The number of amides is 1. The topological polar surface area (TPSA) is 97.6 Å². The predicted molar refractivity (Wildman–Crippen MR) is 129 cm³/mol. The second-order valence-electron chi connectivity index (χ2n) is 8.50. The Kier molecular flexibility index (Phi) is 7.58. The van der Waals surface area contributed by atoms with Crippen molar-refractivity contribution in [2.45, 2.75) is 19.8 Å². The van der Waals surface area contributed by atoms with Crippen molar-refractivity contribution in [1.29, 1.82) is 0 Å². The molecule has 0 unspecified atom stereocenters. The number of imidazole rings is 1. The van der Waals surface area contributed by atoms with Crippen LogP contribution in [0.15, 0.2) is 43.0 Å². The molecule has 0 atom stereocenters. The van der Waals surface area contributed by atoms with Crippen molar-refractivity contribution < 1.29 is 14.3 Å². The van der Waals surface area contributed by atoms with E-state index in [1.54, 1.807) is 23.3 Å². The Labute approximate surface area is 199 Å². The average Bonchev–Trinajstić information content (AvgIpc) is 3.50. The first kappa shape index (κ1) is 23.5. The molecule has 1 amide bonds. The molecule has 0 bridgehead atoms. The number of hydrogen-bond acceptors (Lipinski definition) is 8. The van der Waals surface area contributed by atoms with Crippen molar-refractivity contribution in [1.82, 2.24) is 29.7 Å². The fourth-order valence-electron chi connectivity index (χ4n) is 3.72. The highest BCUT2D eigenvalue weighted by Crippen LogP contribution is 2.32. The molecule has 1 aliphatic rings. The Bertz CT molecular complexity index is 1100. The summed E-state index contributed by atoms with van der Waals surface area (Å²) in [5, 5.41) is 3.03. The number of rotatable bonds is 11. The molecule has 34 heavy (non-hydrogen) atoms. The van der Waals surface area contributed by atoms with Gasteiger partial charge >= 0.3 is 0 Å². The summed E-state index contributed by atoms with van der Waals surface area (Å²) in [4.78, 5) is 30.3. The van der Waals surface area contributed by atoms with Crippen LogP contribution in [-0.4, -0.2) is 77.4 Å². The standard InChI is InChI=1S/C24H31N7O3/c1-18-13-22(28-24(27-18)31-12-9-25-16-31)30(11-4-10-29(2)3)15-23(32)26-8-7-19-5-6-20-21(14-19)34-17-33-20/h5-6,9,12-14,16H,4,7-8,10-11,15,17H2,1-3H3,(H,26,32). The second kappa shape index (κ2) is 11.0. The van der Waals surface area contributed by atoms with Gasteiger partial charge in [0.25, 0.3) is 0 Å². The van der Waals surface area contributed by atoms with Gasteiger partial charge in [-0.3, -0.25) is 9.36 Å². The van der Waals surface area contributed by atoms with E-state index in [4.69, 9.17) is 14.5 Å². The van der Waals surface area contributed by atoms with Crippen LogP contribution in [0, 0.1) is 6.92 Å². The van der Waals surface area contributed by atoms with Crippen molar-refractivity contribution >= 4 is 11.7 Å². The van der Waals surface area contributed by atoms with Crippen molar-refractivity contribution in [2.75, 3.05) is 52.0 Å². The molecule has 2 aromatic heterocycles. The van der Waals surface area contributed by atoms with Crippen molar-refractivity contribution in [3.63, 3.8) is 0 Å². The summed E-state index contributed by atoms with van der Waals surface area (Å²) >= 11 is 0. The van der Waals surface area contributed by atoms with E-state index in [1.807, 2.05) is 50.2 Å². The Morgan fingerprint density at radius 3 is 2.79 bits per heavy atom. The van der Waals surface area contributed by atoms with E-state index >= 15 is 0 Å². The average molecular weight is 466 g/mol. The maximum Gasteiger partial charge on any atom is 0.239 e. The number of nitrogens with zero attached hydrogens (tertiary/aromatic N) is 6. The zero-order valence-corrected chi connectivity index (χ0v) is 19.9.